The SMILES string of the molecule is CC(=O)OC1C(O)CC2(C)C(CCC3(C)C2C(O)C=C2C4C(C)C(C)(O)CCC4(C)CCC23C)C1(C)C. The van der Waals surface area contributed by atoms with Gasteiger partial charge in [-0.15, -0.1) is 0 Å². The van der Waals surface area contributed by atoms with Gasteiger partial charge in [0, 0.05) is 18.3 Å². The summed E-state index contributed by atoms with van der Waals surface area (Å²) in [6.45, 7) is 19.5. The summed E-state index contributed by atoms with van der Waals surface area (Å²) in [5.41, 5.74) is -0.0478. The zero-order valence-electron chi connectivity index (χ0n) is 24.7. The Balaban J connectivity index is 1.61. The molecule has 5 aliphatic rings. The Morgan fingerprint density at radius 1 is 0.973 bits per heavy atom. The minimum atomic E-state index is -0.754. The zero-order chi connectivity index (χ0) is 27.6. The van der Waals surface area contributed by atoms with E-state index in [0.717, 1.165) is 38.5 Å². The second kappa shape index (κ2) is 8.07. The number of carbonyl (C=O) groups excluding carboxylic acids is 1. The second-order valence-electron chi connectivity index (χ2n) is 15.8. The van der Waals surface area contributed by atoms with Crippen molar-refractivity contribution in [3.05, 3.63) is 11.6 Å². The number of rotatable bonds is 1. The number of fused-ring (bicyclic) bond motifs is 7. The lowest BCUT2D eigenvalue weighted by molar-refractivity contribution is -0.254. The summed E-state index contributed by atoms with van der Waals surface area (Å²) in [5, 5.41) is 34.8. The molecule has 5 rings (SSSR count). The van der Waals surface area contributed by atoms with E-state index < -0.39 is 29.3 Å². The third-order valence-electron chi connectivity index (χ3n) is 13.6. The van der Waals surface area contributed by atoms with Gasteiger partial charge in [0.05, 0.1) is 17.8 Å². The molecule has 0 spiro atoms. The lowest BCUT2D eigenvalue weighted by Crippen LogP contribution is -2.69. The van der Waals surface area contributed by atoms with Crippen LogP contribution in [0.3, 0.4) is 0 Å². The van der Waals surface area contributed by atoms with Crippen LogP contribution in [0.1, 0.15) is 107 Å². The van der Waals surface area contributed by atoms with Crippen LogP contribution in [0.4, 0.5) is 0 Å². The van der Waals surface area contributed by atoms with Gasteiger partial charge in [-0.25, -0.2) is 0 Å². The largest absolute Gasteiger partial charge is 0.459 e. The first kappa shape index (κ1) is 27.6. The topological polar surface area (TPSA) is 87.0 Å². The lowest BCUT2D eigenvalue weighted by atomic mass is 9.32. The number of hydrogen-bond acceptors (Lipinski definition) is 5. The minimum Gasteiger partial charge on any atom is -0.459 e. The Morgan fingerprint density at radius 3 is 2.22 bits per heavy atom. The van der Waals surface area contributed by atoms with Gasteiger partial charge in [0.2, 0.25) is 0 Å². The van der Waals surface area contributed by atoms with E-state index >= 15 is 0 Å². The molecule has 0 bridgehead atoms. The Labute approximate surface area is 224 Å². The van der Waals surface area contributed by atoms with Gasteiger partial charge in [-0.1, -0.05) is 60.1 Å². The maximum absolute atomic E-state index is 12.1. The highest BCUT2D eigenvalue weighted by Crippen LogP contribution is 2.75. The number of ether oxygens (including phenoxy) is 1. The monoisotopic (exact) mass is 516 g/mol. The zero-order valence-corrected chi connectivity index (χ0v) is 24.7. The van der Waals surface area contributed by atoms with Crippen LogP contribution in [-0.4, -0.2) is 45.2 Å². The average molecular weight is 517 g/mol. The molecule has 0 aromatic rings. The van der Waals surface area contributed by atoms with Crippen LogP contribution in [0, 0.1) is 50.7 Å². The molecule has 12 unspecified atom stereocenters. The molecular weight excluding hydrogens is 464 g/mol. The van der Waals surface area contributed by atoms with Crippen LogP contribution >= 0.6 is 0 Å². The first-order valence-corrected chi connectivity index (χ1v) is 14.8. The molecule has 5 nitrogen and oxygen atoms in total. The lowest BCUT2D eigenvalue weighted by Gasteiger charge is -2.72. The Bertz CT molecular complexity index is 999. The van der Waals surface area contributed by atoms with E-state index in [1.807, 2.05) is 6.92 Å². The highest BCUT2D eigenvalue weighted by atomic mass is 16.6. The fraction of sp³-hybridized carbons (Fsp3) is 0.906. The molecule has 5 aliphatic carbocycles. The van der Waals surface area contributed by atoms with Crippen molar-refractivity contribution in [3.8, 4) is 0 Å². The number of aliphatic hydroxyl groups excluding tert-OH is 2. The molecular formula is C32H52O5. The van der Waals surface area contributed by atoms with E-state index in [-0.39, 0.29) is 51.3 Å². The van der Waals surface area contributed by atoms with E-state index in [4.69, 9.17) is 4.74 Å². The van der Waals surface area contributed by atoms with Crippen LogP contribution in [-0.2, 0) is 9.53 Å². The summed E-state index contributed by atoms with van der Waals surface area (Å²) < 4.78 is 5.72. The van der Waals surface area contributed by atoms with Gasteiger partial charge >= 0.3 is 5.97 Å². The number of esters is 1. The van der Waals surface area contributed by atoms with Gasteiger partial charge in [-0.2, -0.15) is 0 Å². The van der Waals surface area contributed by atoms with Crippen LogP contribution in [0.2, 0.25) is 0 Å². The van der Waals surface area contributed by atoms with Crippen LogP contribution in [0.5, 0.6) is 0 Å². The first-order chi connectivity index (χ1) is 16.9. The van der Waals surface area contributed by atoms with Crippen molar-refractivity contribution >= 4 is 5.97 Å². The van der Waals surface area contributed by atoms with E-state index in [2.05, 4.69) is 54.5 Å². The quantitative estimate of drug-likeness (QED) is 0.310. The molecule has 210 valence electrons. The second-order valence-corrected chi connectivity index (χ2v) is 15.8. The molecule has 12 atom stereocenters. The van der Waals surface area contributed by atoms with Crippen molar-refractivity contribution in [3.63, 3.8) is 0 Å². The molecule has 0 aromatic heterocycles. The van der Waals surface area contributed by atoms with Gasteiger partial charge < -0.3 is 20.1 Å². The van der Waals surface area contributed by atoms with E-state index in [0.29, 0.717) is 6.42 Å². The van der Waals surface area contributed by atoms with E-state index in [1.54, 1.807) is 0 Å². The summed E-state index contributed by atoms with van der Waals surface area (Å²) >= 11 is 0. The molecule has 4 fully saturated rings. The molecule has 0 aromatic carbocycles. The standard InChI is InChI=1S/C32H52O5/c1-18-24-20-16-21(34)25-29(6)17-22(35)26(37-19(2)33)27(3,4)23(29)10-11-31(25,8)30(20,7)14-12-28(24,5)13-15-32(18,9)36/h16,18,21-26,34-36H,10-15,17H2,1-9H3. The fourth-order valence-electron chi connectivity index (χ4n) is 11.4. The third-order valence-corrected chi connectivity index (χ3v) is 13.6. The van der Waals surface area contributed by atoms with Crippen LogP contribution in [0.15, 0.2) is 11.6 Å². The maximum atomic E-state index is 12.1. The minimum absolute atomic E-state index is 0.00321. The maximum Gasteiger partial charge on any atom is 0.303 e. The molecule has 37 heavy (non-hydrogen) atoms. The van der Waals surface area contributed by atoms with Gasteiger partial charge in [-0.3, -0.25) is 4.79 Å². The van der Waals surface area contributed by atoms with Crippen molar-refractivity contribution in [2.45, 2.75) is 131 Å². The van der Waals surface area contributed by atoms with Gasteiger partial charge in [0.25, 0.3) is 0 Å². The van der Waals surface area contributed by atoms with E-state index in [9.17, 15) is 20.1 Å². The summed E-state index contributed by atoms with van der Waals surface area (Å²) in [5.74, 6) is 0.276. The fourth-order valence-corrected chi connectivity index (χ4v) is 11.4. The molecule has 0 amide bonds. The van der Waals surface area contributed by atoms with Crippen LogP contribution < -0.4 is 0 Å². The number of hydrogen-bond donors (Lipinski definition) is 3. The van der Waals surface area contributed by atoms with Gasteiger partial charge in [0.15, 0.2) is 0 Å². The van der Waals surface area contributed by atoms with Crippen molar-refractivity contribution in [2.24, 2.45) is 50.7 Å². The van der Waals surface area contributed by atoms with Crippen molar-refractivity contribution in [1.29, 1.82) is 0 Å². The Hall–Kier alpha value is -0.910. The summed E-state index contributed by atoms with van der Waals surface area (Å²) in [6, 6.07) is 0. The summed E-state index contributed by atoms with van der Waals surface area (Å²) in [7, 11) is 0. The van der Waals surface area contributed by atoms with Crippen LogP contribution in [0.25, 0.3) is 0 Å². The predicted octanol–water partition coefficient (Wildman–Crippen LogP) is 5.65. The molecule has 0 aliphatic heterocycles. The molecule has 0 heterocycles. The predicted molar refractivity (Wildman–Crippen MR) is 144 cm³/mol. The smallest absolute Gasteiger partial charge is 0.303 e. The highest BCUT2D eigenvalue weighted by molar-refractivity contribution is 5.66. The van der Waals surface area contributed by atoms with Crippen molar-refractivity contribution < 1.29 is 24.9 Å². The van der Waals surface area contributed by atoms with Crippen molar-refractivity contribution in [2.75, 3.05) is 0 Å². The summed E-state index contributed by atoms with van der Waals surface area (Å²) in [6.07, 6.45) is 6.95. The Morgan fingerprint density at radius 2 is 1.59 bits per heavy atom. The highest BCUT2D eigenvalue weighted by Gasteiger charge is 2.71. The van der Waals surface area contributed by atoms with Gasteiger partial charge in [-0.05, 0) is 91.3 Å². The van der Waals surface area contributed by atoms with Gasteiger partial charge in [0.1, 0.15) is 6.10 Å². The first-order valence-electron chi connectivity index (χ1n) is 14.8. The number of carbonyl (C=O) groups is 1. The molecule has 3 N–H and O–H groups in total. The molecule has 4 saturated carbocycles. The third kappa shape index (κ3) is 3.48. The number of allylic oxidation sites excluding steroid dienone is 1. The molecule has 0 saturated heterocycles. The van der Waals surface area contributed by atoms with E-state index in [1.165, 1.54) is 12.5 Å². The van der Waals surface area contributed by atoms with Crippen molar-refractivity contribution in [1.82, 2.24) is 0 Å². The average Bonchev–Trinajstić information content (AvgIpc) is 2.75. The Kier molecular flexibility index (Phi) is 6.03. The molecule has 0 radical (unpaired) electrons. The summed E-state index contributed by atoms with van der Waals surface area (Å²) in [4.78, 5) is 11.9. The molecule has 5 heteroatoms. The number of aliphatic hydroxyl groups is 3. The normalized spacial score (nSPS) is 56.6.